The Morgan fingerprint density at radius 3 is 2.46 bits per heavy atom. The van der Waals surface area contributed by atoms with Crippen LogP contribution in [0.25, 0.3) is 0 Å². The Morgan fingerprint density at radius 1 is 1.04 bits per heavy atom. The highest BCUT2D eigenvalue weighted by Gasteiger charge is 2.13. The molecule has 0 saturated heterocycles. The number of hydrogen-bond donors (Lipinski definition) is 1. The second kappa shape index (κ2) is 7.55. The van der Waals surface area contributed by atoms with Crippen molar-refractivity contribution in [1.82, 2.24) is 0 Å². The number of ether oxygens (including phenoxy) is 1. The zero-order valence-corrected chi connectivity index (χ0v) is 13.9. The van der Waals surface area contributed by atoms with E-state index >= 15 is 0 Å². The first-order valence-electron chi connectivity index (χ1n) is 7.52. The Bertz CT molecular complexity index is 796. The summed E-state index contributed by atoms with van der Waals surface area (Å²) in [6.07, 6.45) is 0. The summed E-state index contributed by atoms with van der Waals surface area (Å²) >= 11 is 0. The van der Waals surface area contributed by atoms with Crippen LogP contribution in [0.2, 0.25) is 0 Å². The monoisotopic (exact) mass is 325 g/mol. The number of benzene rings is 2. The maximum atomic E-state index is 12.0. The van der Waals surface area contributed by atoms with Gasteiger partial charge in [0.15, 0.2) is 12.4 Å². The minimum atomic E-state index is -0.542. The van der Waals surface area contributed by atoms with E-state index in [1.165, 1.54) is 6.92 Å². The molecule has 0 fully saturated rings. The van der Waals surface area contributed by atoms with Crippen molar-refractivity contribution in [3.63, 3.8) is 0 Å². The number of nitrogens with one attached hydrogen (secondary N) is 1. The number of anilines is 1. The fourth-order valence-electron chi connectivity index (χ4n) is 2.26. The van der Waals surface area contributed by atoms with E-state index in [0.717, 1.165) is 11.1 Å². The summed E-state index contributed by atoms with van der Waals surface area (Å²) in [7, 11) is 0. The standard InChI is InChI=1S/C19H19NO4/c1-12-7-8-17(13(2)9-12)19(23)24-11-18(22)20-16-6-4-5-15(10-16)14(3)21/h4-10H,11H2,1-3H3,(H,20,22). The molecule has 0 radical (unpaired) electrons. The van der Waals surface area contributed by atoms with E-state index in [1.54, 1.807) is 30.3 Å². The molecule has 0 spiro atoms. The van der Waals surface area contributed by atoms with E-state index in [9.17, 15) is 14.4 Å². The lowest BCUT2D eigenvalue weighted by molar-refractivity contribution is -0.119. The number of amides is 1. The third-order valence-corrected chi connectivity index (χ3v) is 3.49. The van der Waals surface area contributed by atoms with Gasteiger partial charge in [0.05, 0.1) is 5.56 Å². The molecule has 0 unspecified atom stereocenters. The normalized spacial score (nSPS) is 10.1. The van der Waals surface area contributed by atoms with Crippen LogP contribution >= 0.6 is 0 Å². The molecule has 0 aliphatic carbocycles. The Morgan fingerprint density at radius 2 is 1.79 bits per heavy atom. The van der Waals surface area contributed by atoms with Crippen molar-refractivity contribution in [3.05, 3.63) is 64.7 Å². The van der Waals surface area contributed by atoms with Crippen LogP contribution in [0, 0.1) is 13.8 Å². The van der Waals surface area contributed by atoms with Gasteiger partial charge in [0, 0.05) is 11.3 Å². The summed E-state index contributed by atoms with van der Waals surface area (Å²) in [6.45, 7) is 4.81. The number of carbonyl (C=O) groups excluding carboxylic acids is 3. The number of Topliss-reactive ketones (excluding diaryl/α,β-unsaturated/α-hetero) is 1. The molecule has 0 atom stereocenters. The number of esters is 1. The lowest BCUT2D eigenvalue weighted by Gasteiger charge is -2.09. The van der Waals surface area contributed by atoms with Gasteiger partial charge in [0.1, 0.15) is 0 Å². The minimum Gasteiger partial charge on any atom is -0.452 e. The fourth-order valence-corrected chi connectivity index (χ4v) is 2.26. The molecular formula is C19H19NO4. The Kier molecular flexibility index (Phi) is 5.47. The molecule has 0 bridgehead atoms. The van der Waals surface area contributed by atoms with Gasteiger partial charge < -0.3 is 10.1 Å². The van der Waals surface area contributed by atoms with E-state index in [2.05, 4.69) is 5.32 Å². The first kappa shape index (κ1) is 17.4. The Labute approximate surface area is 140 Å². The topological polar surface area (TPSA) is 72.5 Å². The molecule has 0 aliphatic rings. The molecule has 1 amide bonds. The van der Waals surface area contributed by atoms with Crippen LogP contribution in [0.1, 0.15) is 38.8 Å². The molecule has 0 aliphatic heterocycles. The quantitative estimate of drug-likeness (QED) is 0.676. The van der Waals surface area contributed by atoms with Gasteiger partial charge in [-0.15, -0.1) is 0 Å². The molecule has 1 N–H and O–H groups in total. The lowest BCUT2D eigenvalue weighted by Crippen LogP contribution is -2.21. The molecular weight excluding hydrogens is 306 g/mol. The van der Waals surface area contributed by atoms with Gasteiger partial charge in [-0.25, -0.2) is 4.79 Å². The number of ketones is 1. The first-order chi connectivity index (χ1) is 11.4. The molecule has 124 valence electrons. The van der Waals surface area contributed by atoms with Crippen LogP contribution in [-0.4, -0.2) is 24.3 Å². The van der Waals surface area contributed by atoms with Crippen molar-refractivity contribution < 1.29 is 19.1 Å². The molecule has 0 aromatic heterocycles. The highest BCUT2D eigenvalue weighted by atomic mass is 16.5. The van der Waals surface area contributed by atoms with Crippen LogP contribution in [0.15, 0.2) is 42.5 Å². The third kappa shape index (κ3) is 4.52. The molecule has 5 heteroatoms. The van der Waals surface area contributed by atoms with E-state index in [0.29, 0.717) is 16.8 Å². The van der Waals surface area contributed by atoms with Crippen molar-refractivity contribution >= 4 is 23.3 Å². The van der Waals surface area contributed by atoms with E-state index in [4.69, 9.17) is 4.74 Å². The predicted molar refractivity (Wildman–Crippen MR) is 91.3 cm³/mol. The summed E-state index contributed by atoms with van der Waals surface area (Å²) in [5.74, 6) is -1.10. The summed E-state index contributed by atoms with van der Waals surface area (Å²) < 4.78 is 5.04. The van der Waals surface area contributed by atoms with Crippen LogP contribution in [0.4, 0.5) is 5.69 Å². The first-order valence-corrected chi connectivity index (χ1v) is 7.52. The maximum absolute atomic E-state index is 12.0. The number of aryl methyl sites for hydroxylation is 2. The molecule has 0 heterocycles. The van der Waals surface area contributed by atoms with Crippen molar-refractivity contribution in [2.75, 3.05) is 11.9 Å². The van der Waals surface area contributed by atoms with E-state index in [1.807, 2.05) is 26.0 Å². The SMILES string of the molecule is CC(=O)c1cccc(NC(=O)COC(=O)c2ccc(C)cc2C)c1. The van der Waals surface area contributed by atoms with Crippen LogP contribution in [0.3, 0.4) is 0 Å². The summed E-state index contributed by atoms with van der Waals surface area (Å²) in [5.41, 5.74) is 3.27. The Balaban J connectivity index is 1.94. The van der Waals surface area contributed by atoms with Gasteiger partial charge in [-0.05, 0) is 44.5 Å². The van der Waals surface area contributed by atoms with Crippen molar-refractivity contribution in [3.8, 4) is 0 Å². The van der Waals surface area contributed by atoms with Gasteiger partial charge in [-0.2, -0.15) is 0 Å². The molecule has 2 rings (SSSR count). The van der Waals surface area contributed by atoms with Crippen molar-refractivity contribution in [2.24, 2.45) is 0 Å². The van der Waals surface area contributed by atoms with E-state index < -0.39 is 18.5 Å². The average Bonchev–Trinajstić information content (AvgIpc) is 2.53. The zero-order valence-electron chi connectivity index (χ0n) is 13.9. The highest BCUT2D eigenvalue weighted by molar-refractivity contribution is 5.98. The van der Waals surface area contributed by atoms with Gasteiger partial charge in [0.2, 0.25) is 0 Å². The largest absolute Gasteiger partial charge is 0.452 e. The minimum absolute atomic E-state index is 0.0904. The van der Waals surface area contributed by atoms with Crippen LogP contribution in [-0.2, 0) is 9.53 Å². The van der Waals surface area contributed by atoms with Gasteiger partial charge in [-0.1, -0.05) is 29.8 Å². The van der Waals surface area contributed by atoms with Gasteiger partial charge in [-0.3, -0.25) is 9.59 Å². The maximum Gasteiger partial charge on any atom is 0.338 e. The number of carbonyl (C=O) groups is 3. The Hall–Kier alpha value is -2.95. The van der Waals surface area contributed by atoms with E-state index in [-0.39, 0.29) is 5.78 Å². The lowest BCUT2D eigenvalue weighted by atomic mass is 10.1. The molecule has 5 nitrogen and oxygen atoms in total. The average molecular weight is 325 g/mol. The second-order valence-corrected chi connectivity index (χ2v) is 5.58. The predicted octanol–water partition coefficient (Wildman–Crippen LogP) is 3.30. The third-order valence-electron chi connectivity index (χ3n) is 3.49. The van der Waals surface area contributed by atoms with Gasteiger partial charge >= 0.3 is 5.97 Å². The highest BCUT2D eigenvalue weighted by Crippen LogP contribution is 2.13. The molecule has 24 heavy (non-hydrogen) atoms. The summed E-state index contributed by atoms with van der Waals surface area (Å²) in [5, 5.41) is 2.60. The molecule has 2 aromatic rings. The number of hydrogen-bond acceptors (Lipinski definition) is 4. The van der Waals surface area contributed by atoms with Crippen molar-refractivity contribution in [2.45, 2.75) is 20.8 Å². The summed E-state index contributed by atoms with van der Waals surface area (Å²) in [6, 6.07) is 12.0. The van der Waals surface area contributed by atoms with Crippen molar-refractivity contribution in [1.29, 1.82) is 0 Å². The fraction of sp³-hybridized carbons (Fsp3) is 0.211. The number of rotatable bonds is 5. The van der Waals surface area contributed by atoms with Crippen LogP contribution in [0.5, 0.6) is 0 Å². The van der Waals surface area contributed by atoms with Crippen LogP contribution < -0.4 is 5.32 Å². The molecule has 0 saturated carbocycles. The molecule has 2 aromatic carbocycles. The smallest absolute Gasteiger partial charge is 0.338 e. The second-order valence-electron chi connectivity index (χ2n) is 5.58. The van der Waals surface area contributed by atoms with Gasteiger partial charge in [0.25, 0.3) is 5.91 Å². The summed E-state index contributed by atoms with van der Waals surface area (Å²) in [4.78, 5) is 35.3. The zero-order chi connectivity index (χ0) is 17.7.